The molecule has 9 heteroatoms. The molecule has 1 amide bonds. The number of benzene rings is 2. The third kappa shape index (κ3) is 7.80. The molecule has 5 nitrogen and oxygen atoms in total. The van der Waals surface area contributed by atoms with Crippen molar-refractivity contribution in [3.63, 3.8) is 0 Å². The fourth-order valence-corrected chi connectivity index (χ4v) is 5.43. The number of piperidine rings is 2. The van der Waals surface area contributed by atoms with Crippen LogP contribution in [-0.4, -0.2) is 43.0 Å². The summed E-state index contributed by atoms with van der Waals surface area (Å²) in [5, 5.41) is 12.9. The van der Waals surface area contributed by atoms with Crippen LogP contribution in [0, 0.1) is 17.2 Å². The Morgan fingerprint density at radius 3 is 2.29 bits per heavy atom. The Balaban J connectivity index is 0.00000400. The quantitative estimate of drug-likeness (QED) is 0.393. The van der Waals surface area contributed by atoms with E-state index >= 15 is 0 Å². The van der Waals surface area contributed by atoms with Crippen LogP contribution in [0.2, 0.25) is 5.02 Å². The molecule has 0 atom stereocenters. The summed E-state index contributed by atoms with van der Waals surface area (Å²) in [5.41, 5.74) is 0.239. The van der Waals surface area contributed by atoms with Gasteiger partial charge in [-0.1, -0.05) is 19.0 Å². The highest BCUT2D eigenvalue weighted by Crippen LogP contribution is 2.34. The van der Waals surface area contributed by atoms with Crippen LogP contribution in [0.15, 0.2) is 42.5 Å². The Labute approximate surface area is 228 Å². The van der Waals surface area contributed by atoms with E-state index in [-0.39, 0.29) is 24.9 Å². The fraction of sp³-hybridized carbons (Fsp3) is 0.517. The van der Waals surface area contributed by atoms with Crippen molar-refractivity contribution in [2.75, 3.05) is 36.4 Å². The summed E-state index contributed by atoms with van der Waals surface area (Å²) >= 11 is 5.98. The van der Waals surface area contributed by atoms with E-state index in [2.05, 4.69) is 22.3 Å². The normalized spacial score (nSPS) is 17.0. The molecule has 1 N–H and O–H groups in total. The van der Waals surface area contributed by atoms with E-state index in [1.54, 1.807) is 6.07 Å². The van der Waals surface area contributed by atoms with Gasteiger partial charge in [0.05, 0.1) is 17.2 Å². The highest BCUT2D eigenvalue weighted by atomic mass is 35.5. The molecule has 2 heterocycles. The number of alkyl halides is 3. The van der Waals surface area contributed by atoms with Crippen LogP contribution in [0.5, 0.6) is 0 Å². The second-order valence-electron chi connectivity index (χ2n) is 9.97. The lowest BCUT2D eigenvalue weighted by atomic mass is 9.91. The molecule has 38 heavy (non-hydrogen) atoms. The first kappa shape index (κ1) is 29.6. The van der Waals surface area contributed by atoms with Crippen molar-refractivity contribution >= 4 is 28.9 Å². The number of nitrogens with zero attached hydrogens (tertiary/aromatic N) is 3. The lowest BCUT2D eigenvalue weighted by Gasteiger charge is -2.34. The number of rotatable bonds is 7. The third-order valence-corrected chi connectivity index (χ3v) is 7.73. The summed E-state index contributed by atoms with van der Waals surface area (Å²) in [6.45, 7) is 3.23. The van der Waals surface area contributed by atoms with Crippen molar-refractivity contribution < 1.29 is 18.0 Å². The lowest BCUT2D eigenvalue weighted by Crippen LogP contribution is -2.42. The summed E-state index contributed by atoms with van der Waals surface area (Å²) in [7, 11) is 0. The van der Waals surface area contributed by atoms with E-state index in [1.165, 1.54) is 17.8 Å². The zero-order valence-electron chi connectivity index (χ0n) is 20.7. The molecule has 0 saturated carbocycles. The van der Waals surface area contributed by atoms with Crippen molar-refractivity contribution in [3.05, 3.63) is 58.6 Å². The number of carbonyl (C=O) groups is 1. The topological polar surface area (TPSA) is 59.4 Å². The number of hydrogen-bond donors (Lipinski definition) is 1. The van der Waals surface area contributed by atoms with Gasteiger partial charge in [-0.3, -0.25) is 4.79 Å². The van der Waals surface area contributed by atoms with Crippen LogP contribution in [0.1, 0.15) is 63.5 Å². The molecular weight excluding hydrogens is 513 g/mol. The minimum atomic E-state index is -4.58. The van der Waals surface area contributed by atoms with Gasteiger partial charge in [-0.05, 0) is 86.9 Å². The summed E-state index contributed by atoms with van der Waals surface area (Å²) in [6.07, 6.45) is 1.50. The van der Waals surface area contributed by atoms with E-state index in [1.807, 2.05) is 17.0 Å². The predicted octanol–water partition coefficient (Wildman–Crippen LogP) is 7.36. The lowest BCUT2D eigenvalue weighted by molar-refractivity contribution is -0.137. The molecule has 0 bridgehead atoms. The summed E-state index contributed by atoms with van der Waals surface area (Å²) in [6, 6.07) is 13.3. The van der Waals surface area contributed by atoms with Gasteiger partial charge in [0.15, 0.2) is 0 Å². The maximum absolute atomic E-state index is 13.2. The zero-order chi connectivity index (χ0) is 26.4. The Morgan fingerprint density at radius 1 is 1.03 bits per heavy atom. The first-order chi connectivity index (χ1) is 17.7. The van der Waals surface area contributed by atoms with E-state index < -0.39 is 11.7 Å². The number of carbonyl (C=O) groups excluding carboxylic acids is 1. The van der Waals surface area contributed by atoms with Gasteiger partial charge in [-0.2, -0.15) is 18.4 Å². The van der Waals surface area contributed by atoms with Gasteiger partial charge in [0, 0.05) is 55.0 Å². The molecule has 2 aromatic rings. The van der Waals surface area contributed by atoms with Crippen molar-refractivity contribution in [2.24, 2.45) is 5.92 Å². The molecule has 2 aliphatic rings. The minimum absolute atomic E-state index is 0. The molecule has 0 aromatic heterocycles. The fourth-order valence-electron chi connectivity index (χ4n) is 5.31. The number of hydrogen-bond acceptors (Lipinski definition) is 4. The molecule has 2 aromatic carbocycles. The smallest absolute Gasteiger partial charge is 0.382 e. The number of halogens is 4. The molecule has 206 valence electrons. The maximum atomic E-state index is 13.2. The van der Waals surface area contributed by atoms with Gasteiger partial charge >= 0.3 is 6.18 Å². The summed E-state index contributed by atoms with van der Waals surface area (Å²) in [4.78, 5) is 17.0. The predicted molar refractivity (Wildman–Crippen MR) is 146 cm³/mol. The van der Waals surface area contributed by atoms with Gasteiger partial charge in [0.1, 0.15) is 0 Å². The molecule has 2 saturated heterocycles. The summed E-state index contributed by atoms with van der Waals surface area (Å²) < 4.78 is 39.7. The molecule has 0 radical (unpaired) electrons. The zero-order valence-corrected chi connectivity index (χ0v) is 21.5. The van der Waals surface area contributed by atoms with E-state index in [4.69, 9.17) is 16.9 Å². The van der Waals surface area contributed by atoms with Gasteiger partial charge in [0.25, 0.3) is 0 Å². The number of nitriles is 1. The Hall–Kier alpha value is -2.92. The number of anilines is 2. The molecule has 0 aliphatic carbocycles. The van der Waals surface area contributed by atoms with Crippen LogP contribution in [0.25, 0.3) is 0 Å². The van der Waals surface area contributed by atoms with Gasteiger partial charge in [-0.15, -0.1) is 0 Å². The van der Waals surface area contributed by atoms with Crippen LogP contribution in [0.3, 0.4) is 0 Å². The van der Waals surface area contributed by atoms with Crippen molar-refractivity contribution in [1.29, 1.82) is 5.26 Å². The molecule has 4 rings (SSSR count). The van der Waals surface area contributed by atoms with Crippen LogP contribution >= 0.6 is 11.6 Å². The second kappa shape index (κ2) is 13.2. The highest BCUT2D eigenvalue weighted by Gasteiger charge is 2.34. The third-order valence-electron chi connectivity index (χ3n) is 7.47. The van der Waals surface area contributed by atoms with Crippen LogP contribution in [-0.2, 0) is 11.0 Å². The molecular formula is C29H36ClF3N4O. The van der Waals surface area contributed by atoms with E-state index in [0.717, 1.165) is 49.9 Å². The standard InChI is InChI=1S/C28H32ClF3N4O.CH4/c29-22-5-8-25(9-6-22)35-14-10-20(11-15-35)2-1-3-27(37)36-16-12-23(13-17-36)34-24-7-4-21(19-33)26(18-24)28(30,31)32;/h4-9,18,20,23,34H,1-3,10-17H2;1H4. The number of likely N-dealkylation sites (tertiary alicyclic amines) is 1. The van der Waals surface area contributed by atoms with Crippen molar-refractivity contribution in [3.8, 4) is 6.07 Å². The number of amides is 1. The Kier molecular flexibility index (Phi) is 10.3. The highest BCUT2D eigenvalue weighted by molar-refractivity contribution is 6.30. The average Bonchev–Trinajstić information content (AvgIpc) is 2.89. The maximum Gasteiger partial charge on any atom is 0.417 e. The van der Waals surface area contributed by atoms with Crippen LogP contribution < -0.4 is 10.2 Å². The van der Waals surface area contributed by atoms with Gasteiger partial charge < -0.3 is 15.1 Å². The van der Waals surface area contributed by atoms with Gasteiger partial charge in [-0.25, -0.2) is 0 Å². The minimum Gasteiger partial charge on any atom is -0.382 e. The number of nitrogens with one attached hydrogen (secondary N) is 1. The first-order valence-electron chi connectivity index (χ1n) is 12.9. The largest absolute Gasteiger partial charge is 0.417 e. The molecule has 0 spiro atoms. The monoisotopic (exact) mass is 548 g/mol. The first-order valence-corrected chi connectivity index (χ1v) is 13.3. The Morgan fingerprint density at radius 2 is 1.68 bits per heavy atom. The Bertz CT molecular complexity index is 1100. The van der Waals surface area contributed by atoms with Crippen molar-refractivity contribution in [1.82, 2.24) is 4.90 Å². The average molecular weight is 549 g/mol. The van der Waals surface area contributed by atoms with Gasteiger partial charge in [0.2, 0.25) is 5.91 Å². The molecule has 2 aliphatic heterocycles. The molecule has 2 fully saturated rings. The van der Waals surface area contributed by atoms with E-state index in [0.29, 0.717) is 44.0 Å². The SMILES string of the molecule is C.N#Cc1ccc(NC2CCN(C(=O)CCCC3CCN(c4ccc(Cl)cc4)CC3)CC2)cc1C(F)(F)F. The molecule has 0 unspecified atom stereocenters. The second-order valence-corrected chi connectivity index (χ2v) is 10.4. The van der Waals surface area contributed by atoms with E-state index in [9.17, 15) is 18.0 Å². The van der Waals surface area contributed by atoms with Crippen molar-refractivity contribution in [2.45, 2.75) is 64.6 Å². The summed E-state index contributed by atoms with van der Waals surface area (Å²) in [5.74, 6) is 0.801. The van der Waals surface area contributed by atoms with Crippen LogP contribution in [0.4, 0.5) is 24.5 Å².